The van der Waals surface area contributed by atoms with Gasteiger partial charge in [0.15, 0.2) is 0 Å². The Bertz CT molecular complexity index is 260. The van der Waals surface area contributed by atoms with Crippen LogP contribution in [-0.2, 0) is 4.79 Å². The maximum absolute atomic E-state index is 11.9. The van der Waals surface area contributed by atoms with Crippen LogP contribution in [0.15, 0.2) is 0 Å². The van der Waals surface area contributed by atoms with Crippen LogP contribution in [-0.4, -0.2) is 24.2 Å². The third-order valence-corrected chi connectivity index (χ3v) is 5.24. The number of hydrogen-bond donors (Lipinski definition) is 2. The molecule has 118 valence electrons. The zero-order valence-corrected chi connectivity index (χ0v) is 13.4. The van der Waals surface area contributed by atoms with Gasteiger partial charge in [0.2, 0.25) is 5.91 Å². The van der Waals surface area contributed by atoms with Crippen molar-refractivity contribution >= 4 is 5.91 Å². The Morgan fingerprint density at radius 3 is 2.40 bits per heavy atom. The van der Waals surface area contributed by atoms with Crippen molar-refractivity contribution in [2.45, 2.75) is 78.1 Å². The minimum absolute atomic E-state index is 0.126. The lowest BCUT2D eigenvalue weighted by molar-refractivity contribution is -0.122. The topological polar surface area (TPSA) is 49.3 Å². The molecule has 2 N–H and O–H groups in total. The summed E-state index contributed by atoms with van der Waals surface area (Å²) in [7, 11) is 0. The third-order valence-electron chi connectivity index (χ3n) is 5.24. The quantitative estimate of drug-likeness (QED) is 0.678. The van der Waals surface area contributed by atoms with E-state index in [1.54, 1.807) is 0 Å². The highest BCUT2D eigenvalue weighted by atomic mass is 16.3. The number of hydrogen-bond acceptors (Lipinski definition) is 2. The second-order valence-corrected chi connectivity index (χ2v) is 6.54. The summed E-state index contributed by atoms with van der Waals surface area (Å²) in [4.78, 5) is 11.9. The van der Waals surface area contributed by atoms with Crippen LogP contribution in [0.3, 0.4) is 0 Å². The van der Waals surface area contributed by atoms with E-state index < -0.39 is 0 Å². The number of aliphatic hydroxyl groups is 1. The first-order valence-corrected chi connectivity index (χ1v) is 8.53. The maximum atomic E-state index is 11.9. The Kier molecular flexibility index (Phi) is 8.20. The van der Waals surface area contributed by atoms with Gasteiger partial charge in [0, 0.05) is 18.4 Å². The van der Waals surface area contributed by atoms with Gasteiger partial charge in [-0.3, -0.25) is 4.79 Å². The van der Waals surface area contributed by atoms with Crippen LogP contribution in [0.2, 0.25) is 0 Å². The highest BCUT2D eigenvalue weighted by Gasteiger charge is 2.25. The first kappa shape index (κ1) is 17.5. The van der Waals surface area contributed by atoms with Crippen molar-refractivity contribution < 1.29 is 9.90 Å². The standard InChI is InChI=1S/C17H33NO2/c1-3-17(4-2,14-19)13-18-16(20)12-8-11-15-9-6-5-7-10-15/h15,19H,3-14H2,1-2H3,(H,18,20). The average Bonchev–Trinajstić information content (AvgIpc) is 2.50. The normalized spacial score (nSPS) is 17.1. The van der Waals surface area contributed by atoms with Crippen LogP contribution in [0, 0.1) is 11.3 Å². The van der Waals surface area contributed by atoms with E-state index >= 15 is 0 Å². The second-order valence-electron chi connectivity index (χ2n) is 6.54. The Morgan fingerprint density at radius 1 is 1.20 bits per heavy atom. The van der Waals surface area contributed by atoms with E-state index in [2.05, 4.69) is 19.2 Å². The van der Waals surface area contributed by atoms with Crippen LogP contribution < -0.4 is 5.32 Å². The molecule has 0 heterocycles. The number of nitrogens with one attached hydrogen (secondary N) is 1. The van der Waals surface area contributed by atoms with Gasteiger partial charge in [-0.1, -0.05) is 46.0 Å². The molecule has 0 spiro atoms. The van der Waals surface area contributed by atoms with Gasteiger partial charge < -0.3 is 10.4 Å². The van der Waals surface area contributed by atoms with Crippen molar-refractivity contribution in [1.82, 2.24) is 5.32 Å². The molecule has 0 aromatic heterocycles. The molecule has 0 aromatic carbocycles. The summed E-state index contributed by atoms with van der Waals surface area (Å²) < 4.78 is 0. The summed E-state index contributed by atoms with van der Waals surface area (Å²) in [5, 5.41) is 12.5. The van der Waals surface area contributed by atoms with Crippen LogP contribution in [0.1, 0.15) is 78.1 Å². The summed E-state index contributed by atoms with van der Waals surface area (Å²) in [6, 6.07) is 0. The van der Waals surface area contributed by atoms with Crippen molar-refractivity contribution in [3.8, 4) is 0 Å². The molecule has 1 rings (SSSR count). The van der Waals surface area contributed by atoms with E-state index in [0.29, 0.717) is 13.0 Å². The second kappa shape index (κ2) is 9.38. The summed E-state index contributed by atoms with van der Waals surface area (Å²) in [6.45, 7) is 4.92. The molecular weight excluding hydrogens is 250 g/mol. The summed E-state index contributed by atoms with van der Waals surface area (Å²) in [5.74, 6) is 1.01. The molecule has 1 aliphatic rings. The Balaban J connectivity index is 2.16. The SMILES string of the molecule is CCC(CC)(CO)CNC(=O)CCCC1CCCCC1. The molecule has 1 fully saturated rings. The largest absolute Gasteiger partial charge is 0.396 e. The number of rotatable bonds is 9. The van der Waals surface area contributed by atoms with E-state index in [1.165, 1.54) is 38.5 Å². The molecule has 1 saturated carbocycles. The van der Waals surface area contributed by atoms with Gasteiger partial charge >= 0.3 is 0 Å². The summed E-state index contributed by atoms with van der Waals surface area (Å²) in [6.07, 6.45) is 11.6. The van der Waals surface area contributed by atoms with Crippen molar-refractivity contribution in [3.63, 3.8) is 0 Å². The molecule has 0 atom stereocenters. The Labute approximate surface area is 124 Å². The summed E-state index contributed by atoms with van der Waals surface area (Å²) >= 11 is 0. The van der Waals surface area contributed by atoms with Gasteiger partial charge in [0.25, 0.3) is 0 Å². The molecule has 0 aromatic rings. The fourth-order valence-corrected chi connectivity index (χ4v) is 3.18. The molecule has 1 aliphatic carbocycles. The van der Waals surface area contributed by atoms with E-state index in [1.807, 2.05) is 0 Å². The zero-order valence-electron chi connectivity index (χ0n) is 13.4. The number of carbonyl (C=O) groups is 1. The number of aliphatic hydroxyl groups excluding tert-OH is 1. The molecule has 0 bridgehead atoms. The lowest BCUT2D eigenvalue weighted by Gasteiger charge is -2.29. The highest BCUT2D eigenvalue weighted by molar-refractivity contribution is 5.75. The fourth-order valence-electron chi connectivity index (χ4n) is 3.18. The van der Waals surface area contributed by atoms with E-state index in [9.17, 15) is 9.90 Å². The monoisotopic (exact) mass is 283 g/mol. The van der Waals surface area contributed by atoms with Crippen molar-refractivity contribution in [2.24, 2.45) is 11.3 Å². The summed E-state index contributed by atoms with van der Waals surface area (Å²) in [5.41, 5.74) is -0.126. The van der Waals surface area contributed by atoms with Gasteiger partial charge in [-0.05, 0) is 31.6 Å². The number of carbonyl (C=O) groups excluding carboxylic acids is 1. The molecule has 0 saturated heterocycles. The van der Waals surface area contributed by atoms with Crippen LogP contribution in [0.4, 0.5) is 0 Å². The van der Waals surface area contributed by atoms with Crippen LogP contribution in [0.5, 0.6) is 0 Å². The molecular formula is C17H33NO2. The lowest BCUT2D eigenvalue weighted by atomic mass is 9.83. The van der Waals surface area contributed by atoms with Gasteiger partial charge in [-0.15, -0.1) is 0 Å². The van der Waals surface area contributed by atoms with Gasteiger partial charge in [-0.2, -0.15) is 0 Å². The first-order chi connectivity index (χ1) is 9.65. The van der Waals surface area contributed by atoms with Gasteiger partial charge in [0.1, 0.15) is 0 Å². The van der Waals surface area contributed by atoms with Crippen molar-refractivity contribution in [3.05, 3.63) is 0 Å². The Morgan fingerprint density at radius 2 is 1.85 bits per heavy atom. The molecule has 3 nitrogen and oxygen atoms in total. The minimum atomic E-state index is -0.126. The highest BCUT2D eigenvalue weighted by Crippen LogP contribution is 2.28. The van der Waals surface area contributed by atoms with E-state index in [4.69, 9.17) is 0 Å². The Hall–Kier alpha value is -0.570. The average molecular weight is 283 g/mol. The van der Waals surface area contributed by atoms with Crippen molar-refractivity contribution in [2.75, 3.05) is 13.2 Å². The molecule has 0 radical (unpaired) electrons. The fraction of sp³-hybridized carbons (Fsp3) is 0.941. The molecule has 20 heavy (non-hydrogen) atoms. The predicted octanol–water partition coefficient (Wildman–Crippen LogP) is 3.65. The van der Waals surface area contributed by atoms with E-state index in [0.717, 1.165) is 25.2 Å². The minimum Gasteiger partial charge on any atom is -0.396 e. The third kappa shape index (κ3) is 5.82. The molecule has 1 amide bonds. The molecule has 3 heteroatoms. The van der Waals surface area contributed by atoms with Crippen LogP contribution in [0.25, 0.3) is 0 Å². The smallest absolute Gasteiger partial charge is 0.220 e. The number of amides is 1. The molecule has 0 aliphatic heterocycles. The first-order valence-electron chi connectivity index (χ1n) is 8.53. The van der Waals surface area contributed by atoms with Crippen LogP contribution >= 0.6 is 0 Å². The zero-order chi connectivity index (χ0) is 14.8. The van der Waals surface area contributed by atoms with Gasteiger partial charge in [0.05, 0.1) is 6.61 Å². The maximum Gasteiger partial charge on any atom is 0.220 e. The van der Waals surface area contributed by atoms with Crippen molar-refractivity contribution in [1.29, 1.82) is 0 Å². The predicted molar refractivity (Wildman–Crippen MR) is 83.5 cm³/mol. The lowest BCUT2D eigenvalue weighted by Crippen LogP contribution is -2.39. The molecule has 0 unspecified atom stereocenters. The van der Waals surface area contributed by atoms with E-state index in [-0.39, 0.29) is 17.9 Å². The van der Waals surface area contributed by atoms with Gasteiger partial charge in [-0.25, -0.2) is 0 Å².